The van der Waals surface area contributed by atoms with Gasteiger partial charge in [0.05, 0.1) is 0 Å². The van der Waals surface area contributed by atoms with Crippen molar-refractivity contribution in [3.63, 3.8) is 0 Å². The van der Waals surface area contributed by atoms with Gasteiger partial charge in [-0.05, 0) is 47.6 Å². The maximum Gasteiger partial charge on any atom is 0.162 e. The molecule has 2 heterocycles. The Morgan fingerprint density at radius 2 is 1.95 bits per heavy atom. The Kier molecular flexibility index (Phi) is 4.29. The van der Waals surface area contributed by atoms with Crippen LogP contribution in [0.5, 0.6) is 0 Å². The summed E-state index contributed by atoms with van der Waals surface area (Å²) < 4.78 is 0. The third-order valence-electron chi connectivity index (χ3n) is 4.34. The van der Waals surface area contributed by atoms with Crippen LogP contribution >= 0.6 is 0 Å². The summed E-state index contributed by atoms with van der Waals surface area (Å²) in [4.78, 5) is 1.77. The Morgan fingerprint density at radius 3 is 2.52 bits per heavy atom. The summed E-state index contributed by atoms with van der Waals surface area (Å²) in [5.74, 6) is 1.07. The Balaban J connectivity index is 1.91. The molecule has 3 rings (SSSR count). The Hall–Kier alpha value is -1.75. The van der Waals surface area contributed by atoms with E-state index in [0.717, 1.165) is 13.1 Å². The molecule has 0 bridgehead atoms. The van der Waals surface area contributed by atoms with Gasteiger partial charge in [0.25, 0.3) is 0 Å². The van der Waals surface area contributed by atoms with Crippen LogP contribution in [0.25, 0.3) is 0 Å². The first-order chi connectivity index (χ1) is 10.3. The van der Waals surface area contributed by atoms with Gasteiger partial charge in [-0.2, -0.15) is 4.80 Å². The van der Waals surface area contributed by atoms with Gasteiger partial charge >= 0.3 is 0 Å². The Labute approximate surface area is 125 Å². The van der Waals surface area contributed by atoms with Gasteiger partial charge < -0.3 is 5.32 Å². The standard InChI is InChI=1S/C16H23N5/c1-12(2)13-5-7-14(8-6-13)16(21-19-11-18-20-21)15-4-3-9-17-10-15/h5-8,11-12,15-17H,3-4,9-10H2,1-2H3/t15-,16?/m1/s1. The fraction of sp³-hybridized carbons (Fsp3) is 0.562. The smallest absolute Gasteiger partial charge is 0.162 e. The topological polar surface area (TPSA) is 55.6 Å². The first-order valence-electron chi connectivity index (χ1n) is 7.78. The van der Waals surface area contributed by atoms with Gasteiger partial charge in [-0.25, -0.2) is 0 Å². The van der Waals surface area contributed by atoms with Crippen LogP contribution in [0.1, 0.15) is 49.8 Å². The van der Waals surface area contributed by atoms with Crippen LogP contribution in [0.3, 0.4) is 0 Å². The van der Waals surface area contributed by atoms with E-state index in [0.29, 0.717) is 11.8 Å². The molecule has 1 fully saturated rings. The summed E-state index contributed by atoms with van der Waals surface area (Å²) in [5.41, 5.74) is 2.64. The minimum absolute atomic E-state index is 0.168. The highest BCUT2D eigenvalue weighted by Crippen LogP contribution is 2.30. The quantitative estimate of drug-likeness (QED) is 0.937. The lowest BCUT2D eigenvalue weighted by molar-refractivity contribution is 0.261. The molecule has 5 heteroatoms. The van der Waals surface area contributed by atoms with Gasteiger partial charge in [0.2, 0.25) is 0 Å². The summed E-state index contributed by atoms with van der Waals surface area (Å²) in [6, 6.07) is 9.05. The van der Waals surface area contributed by atoms with Crippen molar-refractivity contribution < 1.29 is 0 Å². The average Bonchev–Trinajstić information content (AvgIpc) is 3.03. The predicted octanol–water partition coefficient (Wildman–Crippen LogP) is 2.39. The van der Waals surface area contributed by atoms with Crippen LogP contribution in [0.4, 0.5) is 0 Å². The van der Waals surface area contributed by atoms with E-state index >= 15 is 0 Å². The third-order valence-corrected chi connectivity index (χ3v) is 4.34. The van der Waals surface area contributed by atoms with Gasteiger partial charge in [0, 0.05) is 6.54 Å². The minimum atomic E-state index is 0.168. The SMILES string of the molecule is CC(C)c1ccc(C([C@@H]2CCCNC2)n2ncnn2)cc1. The molecule has 1 aliphatic heterocycles. The van der Waals surface area contributed by atoms with E-state index in [1.165, 1.54) is 30.3 Å². The molecule has 0 aliphatic carbocycles. The van der Waals surface area contributed by atoms with Gasteiger partial charge in [0.1, 0.15) is 6.04 Å². The highest BCUT2D eigenvalue weighted by molar-refractivity contribution is 5.27. The fourth-order valence-electron chi connectivity index (χ4n) is 3.12. The van der Waals surface area contributed by atoms with Gasteiger partial charge in [-0.3, -0.25) is 0 Å². The normalized spacial score (nSPS) is 20.6. The highest BCUT2D eigenvalue weighted by Gasteiger charge is 2.28. The van der Waals surface area contributed by atoms with Crippen molar-refractivity contribution in [1.29, 1.82) is 0 Å². The predicted molar refractivity (Wildman–Crippen MR) is 82.1 cm³/mol. The summed E-state index contributed by atoms with van der Waals surface area (Å²) in [7, 11) is 0. The zero-order chi connectivity index (χ0) is 14.7. The summed E-state index contributed by atoms with van der Waals surface area (Å²) >= 11 is 0. The molecule has 1 saturated heterocycles. The monoisotopic (exact) mass is 285 g/mol. The van der Waals surface area contributed by atoms with Crippen molar-refractivity contribution in [1.82, 2.24) is 25.5 Å². The summed E-state index contributed by atoms with van der Waals surface area (Å²) in [5, 5.41) is 15.8. The Bertz CT molecular complexity index is 541. The van der Waals surface area contributed by atoms with Crippen LogP contribution in [0, 0.1) is 5.92 Å². The van der Waals surface area contributed by atoms with Crippen molar-refractivity contribution >= 4 is 0 Å². The van der Waals surface area contributed by atoms with Gasteiger partial charge in [0.15, 0.2) is 6.33 Å². The molecule has 21 heavy (non-hydrogen) atoms. The lowest BCUT2D eigenvalue weighted by Gasteiger charge is -2.30. The number of nitrogens with one attached hydrogen (secondary N) is 1. The van der Waals surface area contributed by atoms with Crippen LogP contribution < -0.4 is 5.32 Å². The molecule has 0 spiro atoms. The molecule has 1 aromatic carbocycles. The number of nitrogens with zero attached hydrogens (tertiary/aromatic N) is 4. The summed E-state index contributed by atoms with van der Waals surface area (Å²) in [6.07, 6.45) is 3.93. The number of hydrogen-bond acceptors (Lipinski definition) is 4. The molecule has 112 valence electrons. The van der Waals surface area contributed by atoms with Crippen molar-refractivity contribution in [2.45, 2.75) is 38.6 Å². The van der Waals surface area contributed by atoms with E-state index < -0.39 is 0 Å². The number of piperidine rings is 1. The van der Waals surface area contributed by atoms with Gasteiger partial charge in [-0.15, -0.1) is 10.2 Å². The van der Waals surface area contributed by atoms with Crippen molar-refractivity contribution in [2.75, 3.05) is 13.1 Å². The molecule has 5 nitrogen and oxygen atoms in total. The number of rotatable bonds is 4. The van der Waals surface area contributed by atoms with E-state index in [4.69, 9.17) is 0 Å². The highest BCUT2D eigenvalue weighted by atomic mass is 15.6. The zero-order valence-corrected chi connectivity index (χ0v) is 12.7. The van der Waals surface area contributed by atoms with Crippen molar-refractivity contribution in [2.24, 2.45) is 5.92 Å². The molecular formula is C16H23N5. The molecule has 0 saturated carbocycles. The third kappa shape index (κ3) is 3.13. The molecule has 1 aliphatic rings. The number of aromatic nitrogens is 4. The molecular weight excluding hydrogens is 262 g/mol. The second kappa shape index (κ2) is 6.35. The number of tetrazole rings is 1. The Morgan fingerprint density at radius 1 is 1.19 bits per heavy atom. The van der Waals surface area contributed by atoms with E-state index in [1.807, 2.05) is 0 Å². The second-order valence-electron chi connectivity index (χ2n) is 6.13. The van der Waals surface area contributed by atoms with E-state index in [1.54, 1.807) is 4.80 Å². The first kappa shape index (κ1) is 14.2. The van der Waals surface area contributed by atoms with E-state index in [-0.39, 0.29) is 6.04 Å². The maximum atomic E-state index is 4.29. The van der Waals surface area contributed by atoms with Crippen LogP contribution in [0.15, 0.2) is 30.6 Å². The molecule has 2 atom stereocenters. The first-order valence-corrected chi connectivity index (χ1v) is 7.78. The van der Waals surface area contributed by atoms with E-state index in [9.17, 15) is 0 Å². The minimum Gasteiger partial charge on any atom is -0.316 e. The molecule has 0 amide bonds. The summed E-state index contributed by atoms with van der Waals surface area (Å²) in [6.45, 7) is 6.56. The van der Waals surface area contributed by atoms with Crippen molar-refractivity contribution in [3.8, 4) is 0 Å². The van der Waals surface area contributed by atoms with Crippen LogP contribution in [0.2, 0.25) is 0 Å². The lowest BCUT2D eigenvalue weighted by atomic mass is 9.87. The zero-order valence-electron chi connectivity index (χ0n) is 12.7. The average molecular weight is 285 g/mol. The molecule has 0 radical (unpaired) electrons. The van der Waals surface area contributed by atoms with Crippen molar-refractivity contribution in [3.05, 3.63) is 41.7 Å². The van der Waals surface area contributed by atoms with E-state index in [2.05, 4.69) is 58.8 Å². The van der Waals surface area contributed by atoms with Gasteiger partial charge in [-0.1, -0.05) is 38.1 Å². The number of benzene rings is 1. The molecule has 1 unspecified atom stereocenters. The van der Waals surface area contributed by atoms with Crippen LogP contribution in [-0.2, 0) is 0 Å². The molecule has 1 N–H and O–H groups in total. The maximum absolute atomic E-state index is 4.29. The lowest BCUT2D eigenvalue weighted by Crippen LogP contribution is -2.36. The second-order valence-corrected chi connectivity index (χ2v) is 6.13. The largest absolute Gasteiger partial charge is 0.316 e. The molecule has 1 aromatic heterocycles. The van der Waals surface area contributed by atoms with Crippen LogP contribution in [-0.4, -0.2) is 33.3 Å². The molecule has 2 aromatic rings. The number of hydrogen-bond donors (Lipinski definition) is 1. The fourth-order valence-corrected chi connectivity index (χ4v) is 3.12.